The molecule has 0 saturated heterocycles. The third-order valence-corrected chi connectivity index (χ3v) is 3.79. The lowest BCUT2D eigenvalue weighted by atomic mass is 10.1. The molecule has 0 aromatic heterocycles. The van der Waals surface area contributed by atoms with Crippen molar-refractivity contribution in [1.29, 1.82) is 0 Å². The Hall–Kier alpha value is -2.76. The molecule has 1 aliphatic rings. The van der Waals surface area contributed by atoms with Crippen LogP contribution in [-0.2, 0) is 16.0 Å². The molecule has 3 nitrogen and oxygen atoms in total. The van der Waals surface area contributed by atoms with Crippen LogP contribution in [-0.4, -0.2) is 17.9 Å². The Morgan fingerprint density at radius 3 is 2.42 bits per heavy atom. The van der Waals surface area contributed by atoms with Gasteiger partial charge in [-0.25, -0.2) is 13.2 Å². The molecule has 0 N–H and O–H groups in total. The summed E-state index contributed by atoms with van der Waals surface area (Å²) in [5, 5.41) is 0. The predicted octanol–water partition coefficient (Wildman–Crippen LogP) is 3.72. The zero-order valence-electron chi connectivity index (χ0n) is 12.8. The Kier molecular flexibility index (Phi) is 4.29. The quantitative estimate of drug-likeness (QED) is 0.801. The molecule has 0 spiro atoms. The lowest BCUT2D eigenvalue weighted by Gasteiger charge is -2.33. The van der Waals surface area contributed by atoms with Crippen molar-refractivity contribution in [1.82, 2.24) is 4.90 Å². The summed E-state index contributed by atoms with van der Waals surface area (Å²) in [5.74, 6) is -3.41. The van der Waals surface area contributed by atoms with Crippen molar-refractivity contribution in [2.75, 3.05) is 7.05 Å². The Morgan fingerprint density at radius 1 is 1.04 bits per heavy atom. The zero-order valence-corrected chi connectivity index (χ0v) is 12.8. The number of halogens is 3. The van der Waals surface area contributed by atoms with Gasteiger partial charge in [0.1, 0.15) is 11.6 Å². The van der Waals surface area contributed by atoms with E-state index in [0.29, 0.717) is 6.07 Å². The lowest BCUT2D eigenvalue weighted by molar-refractivity contribution is -0.139. The third kappa shape index (κ3) is 3.13. The van der Waals surface area contributed by atoms with Crippen molar-refractivity contribution in [3.05, 3.63) is 82.9 Å². The Balaban J connectivity index is 1.88. The lowest BCUT2D eigenvalue weighted by Crippen LogP contribution is -2.35. The highest BCUT2D eigenvalue weighted by Crippen LogP contribution is 2.30. The highest BCUT2D eigenvalue weighted by Gasteiger charge is 2.28. The molecular weight excluding hydrogens is 319 g/mol. The van der Waals surface area contributed by atoms with Gasteiger partial charge in [0.05, 0.1) is 0 Å². The van der Waals surface area contributed by atoms with Crippen LogP contribution in [0.4, 0.5) is 13.2 Å². The summed E-state index contributed by atoms with van der Waals surface area (Å²) in [4.78, 5) is 13.5. The summed E-state index contributed by atoms with van der Waals surface area (Å²) in [7, 11) is 1.59. The fourth-order valence-electron chi connectivity index (χ4n) is 2.50. The van der Waals surface area contributed by atoms with Crippen molar-refractivity contribution in [2.24, 2.45) is 0 Å². The molecule has 0 bridgehead atoms. The van der Waals surface area contributed by atoms with Crippen molar-refractivity contribution < 1.29 is 22.7 Å². The number of carbonyl (C=O) groups is 1. The second-order valence-corrected chi connectivity index (χ2v) is 5.48. The number of amides is 1. The Bertz CT molecular complexity index is 805. The fourth-order valence-corrected chi connectivity index (χ4v) is 2.50. The molecule has 0 saturated carbocycles. The molecule has 2 aromatic carbocycles. The van der Waals surface area contributed by atoms with E-state index in [1.807, 2.05) is 18.2 Å². The number of carbonyl (C=O) groups excluding carboxylic acids is 1. The van der Waals surface area contributed by atoms with Crippen molar-refractivity contribution in [3.8, 4) is 0 Å². The monoisotopic (exact) mass is 333 g/mol. The zero-order chi connectivity index (χ0) is 17.3. The minimum Gasteiger partial charge on any atom is -0.470 e. The molecule has 1 unspecified atom stereocenters. The number of hydrogen-bond donors (Lipinski definition) is 0. The molecule has 0 radical (unpaired) electrons. The van der Waals surface area contributed by atoms with Crippen LogP contribution in [0.25, 0.3) is 0 Å². The first kappa shape index (κ1) is 16.1. The van der Waals surface area contributed by atoms with Gasteiger partial charge < -0.3 is 9.64 Å². The molecule has 124 valence electrons. The fraction of sp³-hybridized carbons (Fsp3) is 0.167. The van der Waals surface area contributed by atoms with Gasteiger partial charge in [-0.05, 0) is 11.6 Å². The molecule has 1 amide bonds. The van der Waals surface area contributed by atoms with E-state index in [1.165, 1.54) is 11.0 Å². The van der Waals surface area contributed by atoms with Crippen molar-refractivity contribution in [2.45, 2.75) is 12.6 Å². The standard InChI is InChI=1S/C18H14F3NO2/c1-22-17(23)9-13(24-18(22)11-5-3-2-4-6-11)7-12-8-15(20)16(21)10-14(12)19/h2-6,8-10,18H,7H2,1H3. The normalized spacial score (nSPS) is 17.5. The molecule has 1 aliphatic heterocycles. The molecule has 1 heterocycles. The van der Waals surface area contributed by atoms with E-state index in [2.05, 4.69) is 0 Å². The summed E-state index contributed by atoms with van der Waals surface area (Å²) in [6, 6.07) is 10.3. The molecule has 1 atom stereocenters. The maximum absolute atomic E-state index is 13.8. The maximum atomic E-state index is 13.8. The van der Waals surface area contributed by atoms with E-state index in [9.17, 15) is 18.0 Å². The van der Waals surface area contributed by atoms with Crippen LogP contribution in [0.2, 0.25) is 0 Å². The number of benzene rings is 2. The van der Waals surface area contributed by atoms with Gasteiger partial charge in [-0.15, -0.1) is 0 Å². The smallest absolute Gasteiger partial charge is 0.252 e. The number of allylic oxidation sites excluding steroid dienone is 1. The molecule has 3 rings (SSSR count). The van der Waals surface area contributed by atoms with E-state index in [1.54, 1.807) is 19.2 Å². The highest BCUT2D eigenvalue weighted by molar-refractivity contribution is 5.88. The minimum atomic E-state index is -1.26. The van der Waals surface area contributed by atoms with E-state index in [4.69, 9.17) is 4.74 Å². The Morgan fingerprint density at radius 2 is 1.71 bits per heavy atom. The molecule has 24 heavy (non-hydrogen) atoms. The van der Waals surface area contributed by atoms with Gasteiger partial charge in [-0.3, -0.25) is 4.79 Å². The van der Waals surface area contributed by atoms with Gasteiger partial charge in [0, 0.05) is 31.2 Å². The van der Waals surface area contributed by atoms with Crippen molar-refractivity contribution >= 4 is 5.91 Å². The van der Waals surface area contributed by atoms with Gasteiger partial charge in [0.2, 0.25) is 0 Å². The summed E-state index contributed by atoms with van der Waals surface area (Å²) < 4.78 is 45.9. The molecule has 0 aliphatic carbocycles. The molecule has 6 heteroatoms. The summed E-state index contributed by atoms with van der Waals surface area (Å²) in [6.45, 7) is 0. The second-order valence-electron chi connectivity index (χ2n) is 5.48. The summed E-state index contributed by atoms with van der Waals surface area (Å²) in [5.41, 5.74) is 0.675. The molecular formula is C18H14F3NO2. The summed E-state index contributed by atoms with van der Waals surface area (Å²) >= 11 is 0. The minimum absolute atomic E-state index is 0.0793. The van der Waals surface area contributed by atoms with Crippen LogP contribution < -0.4 is 0 Å². The van der Waals surface area contributed by atoms with Crippen LogP contribution >= 0.6 is 0 Å². The van der Waals surface area contributed by atoms with E-state index in [0.717, 1.165) is 11.6 Å². The van der Waals surface area contributed by atoms with Crippen LogP contribution in [0.3, 0.4) is 0 Å². The number of hydrogen-bond acceptors (Lipinski definition) is 2. The van der Waals surface area contributed by atoms with Crippen LogP contribution in [0.1, 0.15) is 17.4 Å². The first-order valence-corrected chi connectivity index (χ1v) is 7.28. The second kappa shape index (κ2) is 6.39. The van der Waals surface area contributed by atoms with Gasteiger partial charge >= 0.3 is 0 Å². The number of likely N-dealkylation sites (N-methyl/N-ethyl adjacent to an activating group) is 1. The molecule has 0 fully saturated rings. The van der Waals surface area contributed by atoms with Gasteiger partial charge in [-0.2, -0.15) is 0 Å². The van der Waals surface area contributed by atoms with Gasteiger partial charge in [-0.1, -0.05) is 30.3 Å². The molecule has 2 aromatic rings. The number of nitrogens with zero attached hydrogens (tertiary/aromatic N) is 1. The third-order valence-electron chi connectivity index (χ3n) is 3.79. The van der Waals surface area contributed by atoms with E-state index in [-0.39, 0.29) is 23.7 Å². The van der Waals surface area contributed by atoms with Crippen LogP contribution in [0, 0.1) is 17.5 Å². The average molecular weight is 333 g/mol. The average Bonchev–Trinajstić information content (AvgIpc) is 2.56. The van der Waals surface area contributed by atoms with E-state index >= 15 is 0 Å². The van der Waals surface area contributed by atoms with Crippen LogP contribution in [0.5, 0.6) is 0 Å². The number of rotatable bonds is 3. The first-order valence-electron chi connectivity index (χ1n) is 7.28. The van der Waals surface area contributed by atoms with Crippen molar-refractivity contribution in [3.63, 3.8) is 0 Å². The van der Waals surface area contributed by atoms with Crippen LogP contribution in [0.15, 0.2) is 54.3 Å². The maximum Gasteiger partial charge on any atom is 0.252 e. The first-order chi connectivity index (χ1) is 11.5. The summed E-state index contributed by atoms with van der Waals surface area (Å²) in [6.07, 6.45) is 0.415. The van der Waals surface area contributed by atoms with E-state index < -0.39 is 23.7 Å². The van der Waals surface area contributed by atoms with Gasteiger partial charge in [0.15, 0.2) is 17.9 Å². The topological polar surface area (TPSA) is 29.5 Å². The largest absolute Gasteiger partial charge is 0.470 e. The van der Waals surface area contributed by atoms with Gasteiger partial charge in [0.25, 0.3) is 5.91 Å². The Labute approximate surface area is 137 Å². The predicted molar refractivity (Wildman–Crippen MR) is 81.1 cm³/mol. The SMILES string of the molecule is CN1C(=O)C=C(Cc2cc(F)c(F)cc2F)OC1c1ccccc1. The highest BCUT2D eigenvalue weighted by atomic mass is 19.2. The number of ether oxygens (including phenoxy) is 1.